The van der Waals surface area contributed by atoms with Crippen LogP contribution in [0.2, 0.25) is 0 Å². The average molecular weight is 380 g/mol. The van der Waals surface area contributed by atoms with Crippen molar-refractivity contribution in [3.8, 4) is 11.5 Å². The van der Waals surface area contributed by atoms with Gasteiger partial charge in [0, 0.05) is 24.9 Å². The van der Waals surface area contributed by atoms with Gasteiger partial charge < -0.3 is 19.7 Å². The standard InChI is InChI=1S/C21H24N4O3/c1-15-11-17(24-21(23-15)25-9-3-2-4-10-25)13-22-20(26)8-6-16-5-7-18-19(12-16)28-14-27-18/h5-8,11-12H,2-4,9-10,13-14H2,1H3,(H,22,26)/b8-6+. The molecule has 2 aliphatic rings. The van der Waals surface area contributed by atoms with Crippen LogP contribution >= 0.6 is 0 Å². The van der Waals surface area contributed by atoms with Crippen LogP contribution in [0, 0.1) is 6.92 Å². The predicted octanol–water partition coefficient (Wildman–Crippen LogP) is 2.83. The molecule has 0 aliphatic carbocycles. The summed E-state index contributed by atoms with van der Waals surface area (Å²) in [5, 5.41) is 2.89. The number of ether oxygens (including phenoxy) is 2. The maximum Gasteiger partial charge on any atom is 0.244 e. The van der Waals surface area contributed by atoms with Crippen LogP contribution in [0.25, 0.3) is 6.08 Å². The van der Waals surface area contributed by atoms with E-state index in [2.05, 4.69) is 20.2 Å². The first-order valence-electron chi connectivity index (χ1n) is 9.62. The molecule has 1 aromatic heterocycles. The van der Waals surface area contributed by atoms with Gasteiger partial charge in [-0.15, -0.1) is 0 Å². The number of amides is 1. The van der Waals surface area contributed by atoms with Crippen molar-refractivity contribution in [2.45, 2.75) is 32.7 Å². The average Bonchev–Trinajstić information content (AvgIpc) is 3.19. The van der Waals surface area contributed by atoms with Crippen LogP contribution in [0.4, 0.5) is 5.95 Å². The molecular formula is C21H24N4O3. The lowest BCUT2D eigenvalue weighted by atomic mass is 10.1. The van der Waals surface area contributed by atoms with Gasteiger partial charge in [0.25, 0.3) is 0 Å². The molecule has 1 saturated heterocycles. The molecule has 0 radical (unpaired) electrons. The van der Waals surface area contributed by atoms with Gasteiger partial charge in [-0.05, 0) is 56.0 Å². The van der Waals surface area contributed by atoms with Crippen molar-refractivity contribution in [3.05, 3.63) is 47.3 Å². The number of benzene rings is 1. The van der Waals surface area contributed by atoms with Gasteiger partial charge in [0.15, 0.2) is 11.5 Å². The summed E-state index contributed by atoms with van der Waals surface area (Å²) in [6.07, 6.45) is 6.88. The van der Waals surface area contributed by atoms with Crippen LogP contribution in [0.1, 0.15) is 36.2 Å². The van der Waals surface area contributed by atoms with E-state index >= 15 is 0 Å². The highest BCUT2D eigenvalue weighted by Gasteiger charge is 2.15. The Kier molecular flexibility index (Phi) is 5.41. The third-order valence-electron chi connectivity index (χ3n) is 4.80. The van der Waals surface area contributed by atoms with Crippen molar-refractivity contribution in [2.75, 3.05) is 24.8 Å². The first kappa shape index (κ1) is 18.3. The number of anilines is 1. The highest BCUT2D eigenvalue weighted by atomic mass is 16.7. The van der Waals surface area contributed by atoms with Gasteiger partial charge in [0.05, 0.1) is 12.2 Å². The van der Waals surface area contributed by atoms with Gasteiger partial charge in [-0.25, -0.2) is 9.97 Å². The van der Waals surface area contributed by atoms with E-state index in [1.54, 1.807) is 6.08 Å². The summed E-state index contributed by atoms with van der Waals surface area (Å²) in [6.45, 7) is 4.55. The minimum absolute atomic E-state index is 0.173. The summed E-state index contributed by atoms with van der Waals surface area (Å²) in [5.41, 5.74) is 2.61. The first-order valence-corrected chi connectivity index (χ1v) is 9.62. The number of carbonyl (C=O) groups is 1. The molecule has 2 aromatic rings. The summed E-state index contributed by atoms with van der Waals surface area (Å²) >= 11 is 0. The van der Waals surface area contributed by atoms with Crippen molar-refractivity contribution in [1.82, 2.24) is 15.3 Å². The molecule has 0 unspecified atom stereocenters. The zero-order valence-corrected chi connectivity index (χ0v) is 16.0. The fraction of sp³-hybridized carbons (Fsp3) is 0.381. The first-order chi connectivity index (χ1) is 13.7. The Hall–Kier alpha value is -3.09. The van der Waals surface area contributed by atoms with Crippen molar-refractivity contribution in [1.29, 1.82) is 0 Å². The van der Waals surface area contributed by atoms with Crippen LogP contribution in [0.5, 0.6) is 11.5 Å². The minimum atomic E-state index is -0.173. The maximum absolute atomic E-state index is 12.2. The predicted molar refractivity (Wildman–Crippen MR) is 106 cm³/mol. The Morgan fingerprint density at radius 1 is 1.14 bits per heavy atom. The van der Waals surface area contributed by atoms with Crippen LogP contribution < -0.4 is 19.7 Å². The Morgan fingerprint density at radius 2 is 1.96 bits per heavy atom. The number of carbonyl (C=O) groups excluding carboxylic acids is 1. The second kappa shape index (κ2) is 8.29. The largest absolute Gasteiger partial charge is 0.454 e. The third kappa shape index (κ3) is 4.42. The SMILES string of the molecule is Cc1cc(CNC(=O)/C=C/c2ccc3c(c2)OCO3)nc(N2CCCCC2)n1. The topological polar surface area (TPSA) is 76.6 Å². The van der Waals surface area contributed by atoms with Crippen molar-refractivity contribution in [3.63, 3.8) is 0 Å². The van der Waals surface area contributed by atoms with Gasteiger partial charge in [-0.2, -0.15) is 0 Å². The number of aryl methyl sites for hydroxylation is 1. The second-order valence-corrected chi connectivity index (χ2v) is 7.01. The van der Waals surface area contributed by atoms with Crippen molar-refractivity contribution in [2.24, 2.45) is 0 Å². The molecule has 146 valence electrons. The maximum atomic E-state index is 12.2. The Bertz CT molecular complexity index is 891. The quantitative estimate of drug-likeness (QED) is 0.804. The number of fused-ring (bicyclic) bond motifs is 1. The number of nitrogens with one attached hydrogen (secondary N) is 1. The van der Waals surface area contributed by atoms with Gasteiger partial charge in [0.2, 0.25) is 18.6 Å². The van der Waals surface area contributed by atoms with E-state index in [4.69, 9.17) is 9.47 Å². The highest BCUT2D eigenvalue weighted by molar-refractivity contribution is 5.91. The van der Waals surface area contributed by atoms with E-state index in [0.717, 1.165) is 41.7 Å². The number of aromatic nitrogens is 2. The molecule has 7 heteroatoms. The molecule has 0 bridgehead atoms. The molecule has 3 heterocycles. The number of piperidine rings is 1. The molecule has 28 heavy (non-hydrogen) atoms. The molecule has 2 aliphatic heterocycles. The number of hydrogen-bond donors (Lipinski definition) is 1. The minimum Gasteiger partial charge on any atom is -0.454 e. The van der Waals surface area contributed by atoms with Gasteiger partial charge in [-0.1, -0.05) is 6.07 Å². The highest BCUT2D eigenvalue weighted by Crippen LogP contribution is 2.32. The lowest BCUT2D eigenvalue weighted by Gasteiger charge is -2.27. The summed E-state index contributed by atoms with van der Waals surface area (Å²) in [7, 11) is 0. The number of rotatable bonds is 5. The molecule has 1 amide bonds. The molecule has 0 spiro atoms. The molecule has 0 atom stereocenters. The summed E-state index contributed by atoms with van der Waals surface area (Å²) in [4.78, 5) is 23.6. The number of hydrogen-bond acceptors (Lipinski definition) is 6. The van der Waals surface area contributed by atoms with Crippen LogP contribution in [0.3, 0.4) is 0 Å². The second-order valence-electron chi connectivity index (χ2n) is 7.01. The lowest BCUT2D eigenvalue weighted by Crippen LogP contribution is -2.31. The van der Waals surface area contributed by atoms with E-state index < -0.39 is 0 Å². The third-order valence-corrected chi connectivity index (χ3v) is 4.80. The summed E-state index contributed by atoms with van der Waals surface area (Å²) < 4.78 is 10.6. The van der Waals surface area contributed by atoms with Gasteiger partial charge in [-0.3, -0.25) is 4.79 Å². The Labute approximate surface area is 164 Å². The van der Waals surface area contributed by atoms with Crippen molar-refractivity contribution >= 4 is 17.9 Å². The molecular weight excluding hydrogens is 356 g/mol. The van der Waals surface area contributed by atoms with E-state index in [-0.39, 0.29) is 12.7 Å². The lowest BCUT2D eigenvalue weighted by molar-refractivity contribution is -0.116. The summed E-state index contributed by atoms with van der Waals surface area (Å²) in [5.74, 6) is 2.02. The fourth-order valence-electron chi connectivity index (χ4n) is 3.37. The normalized spacial score (nSPS) is 15.8. The summed E-state index contributed by atoms with van der Waals surface area (Å²) in [6, 6.07) is 7.49. The van der Waals surface area contributed by atoms with E-state index in [0.29, 0.717) is 12.3 Å². The van der Waals surface area contributed by atoms with Crippen molar-refractivity contribution < 1.29 is 14.3 Å². The Morgan fingerprint density at radius 3 is 2.82 bits per heavy atom. The Balaban J connectivity index is 1.36. The zero-order valence-electron chi connectivity index (χ0n) is 16.0. The van der Waals surface area contributed by atoms with E-state index in [1.807, 2.05) is 31.2 Å². The van der Waals surface area contributed by atoms with Crippen LogP contribution in [-0.4, -0.2) is 35.8 Å². The smallest absolute Gasteiger partial charge is 0.244 e. The van der Waals surface area contributed by atoms with E-state index in [9.17, 15) is 4.79 Å². The fourth-order valence-corrected chi connectivity index (χ4v) is 3.37. The molecule has 4 rings (SSSR count). The van der Waals surface area contributed by atoms with Crippen LogP contribution in [-0.2, 0) is 11.3 Å². The molecule has 1 fully saturated rings. The monoisotopic (exact) mass is 380 g/mol. The van der Waals surface area contributed by atoms with Gasteiger partial charge in [0.1, 0.15) is 0 Å². The van der Waals surface area contributed by atoms with Crippen LogP contribution in [0.15, 0.2) is 30.3 Å². The molecule has 7 nitrogen and oxygen atoms in total. The van der Waals surface area contributed by atoms with E-state index in [1.165, 1.54) is 25.3 Å². The van der Waals surface area contributed by atoms with Gasteiger partial charge >= 0.3 is 0 Å². The molecule has 1 N–H and O–H groups in total. The number of nitrogens with zero attached hydrogens (tertiary/aromatic N) is 3. The molecule has 1 aromatic carbocycles. The zero-order chi connectivity index (χ0) is 19.3. The molecule has 0 saturated carbocycles.